The van der Waals surface area contributed by atoms with Crippen molar-refractivity contribution in [1.29, 1.82) is 0 Å². The van der Waals surface area contributed by atoms with E-state index in [1.165, 1.54) is 12.8 Å². The van der Waals surface area contributed by atoms with Crippen LogP contribution in [-0.4, -0.2) is 22.7 Å². The van der Waals surface area contributed by atoms with Crippen molar-refractivity contribution in [2.45, 2.75) is 38.7 Å². The molecule has 0 spiro atoms. The predicted molar refractivity (Wildman–Crippen MR) is 65.4 cm³/mol. The summed E-state index contributed by atoms with van der Waals surface area (Å²) in [4.78, 5) is 4.39. The van der Waals surface area contributed by atoms with Gasteiger partial charge in [-0.2, -0.15) is 0 Å². The molecule has 2 N–H and O–H groups in total. The van der Waals surface area contributed by atoms with Crippen molar-refractivity contribution in [2.24, 2.45) is 5.92 Å². The number of aliphatic hydroxyl groups excluding tert-OH is 1. The van der Waals surface area contributed by atoms with E-state index < -0.39 is 0 Å². The quantitative estimate of drug-likeness (QED) is 0.822. The van der Waals surface area contributed by atoms with Crippen LogP contribution in [0, 0.1) is 12.8 Å². The average molecular weight is 220 g/mol. The Kier molecular flexibility index (Phi) is 3.78. The zero-order valence-electron chi connectivity index (χ0n) is 9.82. The Bertz CT molecular complexity index is 340. The second-order valence-electron chi connectivity index (χ2n) is 4.66. The van der Waals surface area contributed by atoms with Gasteiger partial charge in [-0.15, -0.1) is 0 Å². The molecule has 1 aromatic heterocycles. The third-order valence-electron chi connectivity index (χ3n) is 3.30. The minimum atomic E-state index is -0.133. The Morgan fingerprint density at radius 1 is 1.38 bits per heavy atom. The Labute approximate surface area is 96.9 Å². The van der Waals surface area contributed by atoms with E-state index in [0.29, 0.717) is 5.92 Å². The fourth-order valence-corrected chi connectivity index (χ4v) is 2.30. The second-order valence-corrected chi connectivity index (χ2v) is 4.66. The summed E-state index contributed by atoms with van der Waals surface area (Å²) >= 11 is 0. The Balaban J connectivity index is 1.86. The maximum atomic E-state index is 9.84. The lowest BCUT2D eigenvalue weighted by Gasteiger charge is -2.27. The van der Waals surface area contributed by atoms with Crippen LogP contribution in [0.15, 0.2) is 18.2 Å². The van der Waals surface area contributed by atoms with Crippen molar-refractivity contribution < 1.29 is 5.11 Å². The van der Waals surface area contributed by atoms with E-state index in [9.17, 15) is 5.11 Å². The molecule has 0 aliphatic heterocycles. The molecule has 2 unspecified atom stereocenters. The van der Waals surface area contributed by atoms with Crippen molar-refractivity contribution in [3.8, 4) is 0 Å². The van der Waals surface area contributed by atoms with E-state index in [1.807, 2.05) is 25.1 Å². The van der Waals surface area contributed by atoms with Crippen molar-refractivity contribution in [3.63, 3.8) is 0 Å². The molecule has 1 aromatic rings. The summed E-state index contributed by atoms with van der Waals surface area (Å²) < 4.78 is 0. The molecule has 1 heterocycles. The summed E-state index contributed by atoms with van der Waals surface area (Å²) in [6.07, 6.45) is 4.35. The lowest BCUT2D eigenvalue weighted by molar-refractivity contribution is 0.0763. The standard InChI is InChI=1S/C13H20N2O/c1-10-5-4-8-13(15-10)14-9-11-6-2-3-7-12(11)16/h4-5,8,11-12,16H,2-3,6-7,9H2,1H3,(H,14,15). The highest BCUT2D eigenvalue weighted by Gasteiger charge is 2.22. The Hall–Kier alpha value is -1.09. The van der Waals surface area contributed by atoms with E-state index in [0.717, 1.165) is 30.9 Å². The van der Waals surface area contributed by atoms with Crippen LogP contribution >= 0.6 is 0 Å². The smallest absolute Gasteiger partial charge is 0.126 e. The van der Waals surface area contributed by atoms with Gasteiger partial charge in [-0.25, -0.2) is 4.98 Å². The summed E-state index contributed by atoms with van der Waals surface area (Å²) in [6.45, 7) is 2.82. The molecule has 0 radical (unpaired) electrons. The summed E-state index contributed by atoms with van der Waals surface area (Å²) in [5.74, 6) is 1.30. The summed E-state index contributed by atoms with van der Waals surface area (Å²) in [7, 11) is 0. The van der Waals surface area contributed by atoms with E-state index in [2.05, 4.69) is 10.3 Å². The fourth-order valence-electron chi connectivity index (χ4n) is 2.30. The van der Waals surface area contributed by atoms with Crippen LogP contribution in [0.1, 0.15) is 31.4 Å². The van der Waals surface area contributed by atoms with Gasteiger partial charge in [0.05, 0.1) is 6.10 Å². The lowest BCUT2D eigenvalue weighted by Crippen LogP contribution is -2.30. The molecule has 16 heavy (non-hydrogen) atoms. The predicted octanol–water partition coefficient (Wildman–Crippen LogP) is 2.35. The number of pyridine rings is 1. The molecule has 1 aliphatic rings. The first kappa shape index (κ1) is 11.4. The number of anilines is 1. The average Bonchev–Trinajstić information content (AvgIpc) is 2.28. The number of aryl methyl sites for hydroxylation is 1. The van der Waals surface area contributed by atoms with Crippen LogP contribution in [0.3, 0.4) is 0 Å². The molecule has 1 aliphatic carbocycles. The van der Waals surface area contributed by atoms with Gasteiger partial charge in [-0.1, -0.05) is 18.9 Å². The molecular formula is C13H20N2O. The minimum Gasteiger partial charge on any atom is -0.393 e. The first-order valence-corrected chi connectivity index (χ1v) is 6.11. The van der Waals surface area contributed by atoms with Gasteiger partial charge in [0.2, 0.25) is 0 Å². The number of nitrogens with one attached hydrogen (secondary N) is 1. The molecule has 0 bridgehead atoms. The maximum absolute atomic E-state index is 9.84. The number of hydrogen-bond donors (Lipinski definition) is 2. The first-order valence-electron chi connectivity index (χ1n) is 6.11. The monoisotopic (exact) mass is 220 g/mol. The third-order valence-corrected chi connectivity index (χ3v) is 3.30. The number of hydrogen-bond acceptors (Lipinski definition) is 3. The van der Waals surface area contributed by atoms with Crippen LogP contribution in [0.4, 0.5) is 5.82 Å². The number of aromatic nitrogens is 1. The number of rotatable bonds is 3. The molecule has 0 aromatic carbocycles. The highest BCUT2D eigenvalue weighted by atomic mass is 16.3. The molecule has 88 valence electrons. The Morgan fingerprint density at radius 2 is 2.19 bits per heavy atom. The van der Waals surface area contributed by atoms with E-state index in [1.54, 1.807) is 0 Å². The summed E-state index contributed by atoms with van der Waals surface area (Å²) in [6, 6.07) is 5.96. The van der Waals surface area contributed by atoms with Gasteiger partial charge >= 0.3 is 0 Å². The normalized spacial score (nSPS) is 25.4. The molecule has 2 rings (SSSR count). The van der Waals surface area contributed by atoms with Gasteiger partial charge in [0.25, 0.3) is 0 Å². The molecule has 3 heteroatoms. The van der Waals surface area contributed by atoms with E-state index >= 15 is 0 Å². The van der Waals surface area contributed by atoms with E-state index in [4.69, 9.17) is 0 Å². The first-order chi connectivity index (χ1) is 7.75. The fraction of sp³-hybridized carbons (Fsp3) is 0.615. The number of aliphatic hydroxyl groups is 1. The lowest BCUT2D eigenvalue weighted by atomic mass is 9.86. The molecule has 1 fully saturated rings. The van der Waals surface area contributed by atoms with Crippen molar-refractivity contribution in [3.05, 3.63) is 23.9 Å². The molecule has 0 saturated heterocycles. The topological polar surface area (TPSA) is 45.1 Å². The van der Waals surface area contributed by atoms with Crippen LogP contribution in [0.2, 0.25) is 0 Å². The summed E-state index contributed by atoms with van der Waals surface area (Å²) in [5.41, 5.74) is 1.02. The number of nitrogens with zero attached hydrogens (tertiary/aromatic N) is 1. The largest absolute Gasteiger partial charge is 0.393 e. The van der Waals surface area contributed by atoms with E-state index in [-0.39, 0.29) is 6.10 Å². The highest BCUT2D eigenvalue weighted by molar-refractivity contribution is 5.35. The van der Waals surface area contributed by atoms with Gasteiger partial charge < -0.3 is 10.4 Å². The minimum absolute atomic E-state index is 0.133. The SMILES string of the molecule is Cc1cccc(NCC2CCCCC2O)n1. The Morgan fingerprint density at radius 3 is 2.94 bits per heavy atom. The molecular weight excluding hydrogens is 200 g/mol. The van der Waals surface area contributed by atoms with Crippen LogP contribution in [0.5, 0.6) is 0 Å². The molecule has 2 atom stereocenters. The maximum Gasteiger partial charge on any atom is 0.126 e. The molecule has 0 amide bonds. The zero-order valence-corrected chi connectivity index (χ0v) is 9.82. The van der Waals surface area contributed by atoms with Gasteiger partial charge in [0, 0.05) is 18.2 Å². The summed E-state index contributed by atoms with van der Waals surface area (Å²) in [5, 5.41) is 13.2. The van der Waals surface area contributed by atoms with Gasteiger partial charge in [0.15, 0.2) is 0 Å². The van der Waals surface area contributed by atoms with Crippen LogP contribution in [0.25, 0.3) is 0 Å². The van der Waals surface area contributed by atoms with Crippen LogP contribution in [-0.2, 0) is 0 Å². The third kappa shape index (κ3) is 2.95. The van der Waals surface area contributed by atoms with Crippen molar-refractivity contribution in [2.75, 3.05) is 11.9 Å². The zero-order chi connectivity index (χ0) is 11.4. The molecule has 1 saturated carbocycles. The van der Waals surface area contributed by atoms with Gasteiger partial charge in [-0.05, 0) is 31.9 Å². The van der Waals surface area contributed by atoms with Gasteiger partial charge in [-0.3, -0.25) is 0 Å². The molecule has 3 nitrogen and oxygen atoms in total. The van der Waals surface area contributed by atoms with Crippen LogP contribution < -0.4 is 5.32 Å². The second kappa shape index (κ2) is 5.30. The highest BCUT2D eigenvalue weighted by Crippen LogP contribution is 2.24. The van der Waals surface area contributed by atoms with Crippen molar-refractivity contribution in [1.82, 2.24) is 4.98 Å². The van der Waals surface area contributed by atoms with Gasteiger partial charge in [0.1, 0.15) is 5.82 Å². The van der Waals surface area contributed by atoms with Crippen molar-refractivity contribution >= 4 is 5.82 Å².